The largest absolute Gasteiger partial charge is 0.508 e. The Hall–Kier alpha value is -1.85. The predicted octanol–water partition coefficient (Wildman–Crippen LogP) is 3.23. The Morgan fingerprint density at radius 1 is 0.950 bits per heavy atom. The smallest absolute Gasteiger partial charge is 0.294 e. The van der Waals surface area contributed by atoms with E-state index in [0.717, 1.165) is 27.8 Å². The van der Waals surface area contributed by atoms with Crippen molar-refractivity contribution in [1.29, 1.82) is 0 Å². The van der Waals surface area contributed by atoms with Crippen molar-refractivity contribution in [3.63, 3.8) is 0 Å². The molecule has 0 aliphatic heterocycles. The van der Waals surface area contributed by atoms with Crippen LogP contribution in [0.5, 0.6) is 5.75 Å². The molecule has 0 fully saturated rings. The van der Waals surface area contributed by atoms with E-state index >= 15 is 0 Å². The summed E-state index contributed by atoms with van der Waals surface area (Å²) in [4.78, 5) is -0.132. The van der Waals surface area contributed by atoms with E-state index in [1.807, 2.05) is 20.8 Å². The summed E-state index contributed by atoms with van der Waals surface area (Å²) in [6, 6.07) is 7.72. The van der Waals surface area contributed by atoms with E-state index in [1.165, 1.54) is 12.1 Å². The van der Waals surface area contributed by atoms with Crippen LogP contribution < -0.4 is 0 Å². The molecule has 0 saturated heterocycles. The van der Waals surface area contributed by atoms with Gasteiger partial charge in [0.25, 0.3) is 10.1 Å². The van der Waals surface area contributed by atoms with E-state index in [0.29, 0.717) is 0 Å². The minimum absolute atomic E-state index is 0.132. The van der Waals surface area contributed by atoms with Gasteiger partial charge in [-0.25, -0.2) is 0 Å². The average Bonchev–Trinajstić information content (AvgIpc) is 2.36. The fraction of sp³-hybridized carbons (Fsp3) is 0.200. The van der Waals surface area contributed by atoms with Gasteiger partial charge in [-0.15, -0.1) is 0 Å². The van der Waals surface area contributed by atoms with Crippen LogP contribution in [-0.2, 0) is 10.1 Å². The monoisotopic (exact) mass is 292 g/mol. The second kappa shape index (κ2) is 4.92. The van der Waals surface area contributed by atoms with Gasteiger partial charge in [-0.3, -0.25) is 4.55 Å². The predicted molar refractivity (Wildman–Crippen MR) is 77.6 cm³/mol. The first kappa shape index (κ1) is 14.6. The maximum Gasteiger partial charge on any atom is 0.294 e. The first-order valence-electron chi connectivity index (χ1n) is 6.09. The van der Waals surface area contributed by atoms with Gasteiger partial charge in [-0.05, 0) is 66.8 Å². The summed E-state index contributed by atoms with van der Waals surface area (Å²) in [6.07, 6.45) is 0. The third kappa shape index (κ3) is 2.55. The lowest BCUT2D eigenvalue weighted by molar-refractivity contribution is 0.470. The molecule has 106 valence electrons. The van der Waals surface area contributed by atoms with Gasteiger partial charge in [0.05, 0.1) is 4.90 Å². The number of aryl methyl sites for hydroxylation is 1. The zero-order chi connectivity index (χ0) is 15.1. The van der Waals surface area contributed by atoms with Crippen molar-refractivity contribution >= 4 is 10.1 Å². The summed E-state index contributed by atoms with van der Waals surface area (Å²) in [5, 5.41) is 9.79. The van der Waals surface area contributed by atoms with Gasteiger partial charge in [0.2, 0.25) is 0 Å². The number of hydrogen-bond donors (Lipinski definition) is 2. The van der Waals surface area contributed by atoms with Gasteiger partial charge in [0.1, 0.15) is 5.75 Å². The maximum absolute atomic E-state index is 11.0. The molecule has 0 atom stereocenters. The highest BCUT2D eigenvalue weighted by molar-refractivity contribution is 7.85. The normalized spacial score (nSPS) is 11.6. The Morgan fingerprint density at radius 2 is 1.50 bits per heavy atom. The lowest BCUT2D eigenvalue weighted by atomic mass is 9.92. The van der Waals surface area contributed by atoms with Gasteiger partial charge >= 0.3 is 0 Å². The van der Waals surface area contributed by atoms with Crippen LogP contribution in [0.15, 0.2) is 35.2 Å². The average molecular weight is 292 g/mol. The zero-order valence-electron chi connectivity index (χ0n) is 11.5. The Kier molecular flexibility index (Phi) is 3.58. The highest BCUT2D eigenvalue weighted by atomic mass is 32.2. The maximum atomic E-state index is 11.0. The topological polar surface area (TPSA) is 74.6 Å². The number of phenolic OH excluding ortho intramolecular Hbond substituents is 1. The van der Waals surface area contributed by atoms with Gasteiger partial charge in [-0.1, -0.05) is 12.1 Å². The number of benzene rings is 2. The first-order chi connectivity index (χ1) is 9.21. The van der Waals surface area contributed by atoms with Gasteiger partial charge in [0.15, 0.2) is 0 Å². The van der Waals surface area contributed by atoms with Crippen molar-refractivity contribution in [3.05, 3.63) is 47.0 Å². The molecule has 0 spiro atoms. The fourth-order valence-corrected chi connectivity index (χ4v) is 2.78. The molecule has 5 heteroatoms. The highest BCUT2D eigenvalue weighted by Crippen LogP contribution is 2.34. The second-order valence-corrected chi connectivity index (χ2v) is 6.26. The van der Waals surface area contributed by atoms with Crippen LogP contribution in [0, 0.1) is 20.8 Å². The molecule has 2 aromatic rings. The van der Waals surface area contributed by atoms with Crippen molar-refractivity contribution in [2.24, 2.45) is 0 Å². The summed E-state index contributed by atoms with van der Waals surface area (Å²) < 4.78 is 31.1. The van der Waals surface area contributed by atoms with E-state index in [2.05, 4.69) is 0 Å². The van der Waals surface area contributed by atoms with Gasteiger partial charge in [-0.2, -0.15) is 8.42 Å². The number of hydrogen-bond acceptors (Lipinski definition) is 3. The van der Waals surface area contributed by atoms with E-state index < -0.39 is 10.1 Å². The molecule has 0 saturated carbocycles. The van der Waals surface area contributed by atoms with Crippen LogP contribution in [0.3, 0.4) is 0 Å². The number of phenols is 1. The van der Waals surface area contributed by atoms with Crippen molar-refractivity contribution in [3.8, 4) is 16.9 Å². The Balaban J connectivity index is 2.61. The molecule has 0 bridgehead atoms. The third-order valence-electron chi connectivity index (χ3n) is 3.51. The minimum Gasteiger partial charge on any atom is -0.508 e. The lowest BCUT2D eigenvalue weighted by Crippen LogP contribution is -1.98. The Labute approximate surface area is 118 Å². The lowest BCUT2D eigenvalue weighted by Gasteiger charge is -2.14. The number of aromatic hydroxyl groups is 1. The number of rotatable bonds is 2. The molecule has 2 N–H and O–H groups in total. The minimum atomic E-state index is -4.18. The van der Waals surface area contributed by atoms with Crippen LogP contribution in [0.4, 0.5) is 0 Å². The summed E-state index contributed by atoms with van der Waals surface area (Å²) in [5.74, 6) is 0.248. The van der Waals surface area contributed by atoms with E-state index in [4.69, 9.17) is 4.55 Å². The molecule has 0 aliphatic rings. The molecule has 0 amide bonds. The summed E-state index contributed by atoms with van der Waals surface area (Å²) in [6.45, 7) is 5.63. The van der Waals surface area contributed by atoms with Crippen molar-refractivity contribution in [2.45, 2.75) is 25.7 Å². The molecule has 2 rings (SSSR count). The summed E-state index contributed by atoms with van der Waals surface area (Å²) in [7, 11) is -4.18. The Morgan fingerprint density at radius 3 is 2.00 bits per heavy atom. The van der Waals surface area contributed by atoms with E-state index in [-0.39, 0.29) is 10.6 Å². The molecule has 0 heterocycles. The molecule has 0 unspecified atom stereocenters. The van der Waals surface area contributed by atoms with Gasteiger partial charge in [0, 0.05) is 0 Å². The molecule has 0 radical (unpaired) electrons. The van der Waals surface area contributed by atoms with Crippen molar-refractivity contribution < 1.29 is 18.1 Å². The fourth-order valence-electron chi connectivity index (χ4n) is 2.30. The SMILES string of the molecule is Cc1cc(O)c(C)c(C)c1-c1ccc(S(=O)(=O)O)cc1. The molecule has 4 nitrogen and oxygen atoms in total. The van der Waals surface area contributed by atoms with Crippen LogP contribution >= 0.6 is 0 Å². The van der Waals surface area contributed by atoms with Gasteiger partial charge < -0.3 is 5.11 Å². The standard InChI is InChI=1S/C15H16O4S/c1-9-8-14(16)10(2)11(3)15(9)12-4-6-13(7-5-12)20(17,18)19/h4-8,16H,1-3H3,(H,17,18,19). The van der Waals surface area contributed by atoms with Crippen LogP contribution in [0.2, 0.25) is 0 Å². The summed E-state index contributed by atoms with van der Waals surface area (Å²) >= 11 is 0. The van der Waals surface area contributed by atoms with E-state index in [1.54, 1.807) is 18.2 Å². The van der Waals surface area contributed by atoms with Crippen molar-refractivity contribution in [1.82, 2.24) is 0 Å². The van der Waals surface area contributed by atoms with Crippen LogP contribution in [-0.4, -0.2) is 18.1 Å². The molecule has 2 aromatic carbocycles. The molecule has 20 heavy (non-hydrogen) atoms. The summed E-state index contributed by atoms with van der Waals surface area (Å²) in [5.41, 5.74) is 4.45. The Bertz CT molecular complexity index is 759. The van der Waals surface area contributed by atoms with Crippen molar-refractivity contribution in [2.75, 3.05) is 0 Å². The van der Waals surface area contributed by atoms with Crippen LogP contribution in [0.1, 0.15) is 16.7 Å². The third-order valence-corrected chi connectivity index (χ3v) is 4.38. The molecule has 0 aromatic heterocycles. The second-order valence-electron chi connectivity index (χ2n) is 4.84. The molecular formula is C15H16O4S. The zero-order valence-corrected chi connectivity index (χ0v) is 12.3. The molecule has 0 aliphatic carbocycles. The van der Waals surface area contributed by atoms with E-state index in [9.17, 15) is 13.5 Å². The highest BCUT2D eigenvalue weighted by Gasteiger charge is 2.13. The molecular weight excluding hydrogens is 276 g/mol. The van der Waals surface area contributed by atoms with Crippen LogP contribution in [0.25, 0.3) is 11.1 Å². The quantitative estimate of drug-likeness (QED) is 0.833. The first-order valence-corrected chi connectivity index (χ1v) is 7.53.